The number of aromatic carboxylic acids is 1. The van der Waals surface area contributed by atoms with E-state index in [1.54, 1.807) is 0 Å². The first-order valence-corrected chi connectivity index (χ1v) is 5.66. The number of carbonyl (C=O) groups is 1. The topological polar surface area (TPSA) is 85.4 Å². The van der Waals surface area contributed by atoms with Gasteiger partial charge in [0.1, 0.15) is 5.69 Å². The van der Waals surface area contributed by atoms with E-state index in [9.17, 15) is 4.79 Å². The number of hydrogen-bond acceptors (Lipinski definition) is 4. The van der Waals surface area contributed by atoms with Gasteiger partial charge < -0.3 is 15.6 Å². The molecule has 1 heterocycles. The van der Waals surface area contributed by atoms with E-state index in [4.69, 9.17) is 15.6 Å². The summed E-state index contributed by atoms with van der Waals surface area (Å²) in [4.78, 5) is 14.8. The summed E-state index contributed by atoms with van der Waals surface area (Å²) in [6.07, 6.45) is 3.53. The quantitative estimate of drug-likeness (QED) is 0.793. The molecule has 0 radical (unpaired) electrons. The highest BCUT2D eigenvalue weighted by molar-refractivity contribution is 5.94. The third-order valence-corrected chi connectivity index (χ3v) is 2.47. The highest BCUT2D eigenvalue weighted by Crippen LogP contribution is 2.23. The average Bonchev–Trinajstić information content (AvgIpc) is 2.27. The Morgan fingerprint density at radius 1 is 1.65 bits per heavy atom. The zero-order chi connectivity index (χ0) is 12.8. The van der Waals surface area contributed by atoms with Crippen LogP contribution in [0.25, 0.3) is 0 Å². The van der Waals surface area contributed by atoms with Crippen LogP contribution < -0.4 is 10.5 Å². The van der Waals surface area contributed by atoms with Gasteiger partial charge in [0.25, 0.3) is 0 Å². The van der Waals surface area contributed by atoms with Gasteiger partial charge in [0, 0.05) is 6.20 Å². The molecule has 3 N–H and O–H groups in total. The molecule has 0 aliphatic carbocycles. The van der Waals surface area contributed by atoms with E-state index in [1.807, 2.05) is 0 Å². The van der Waals surface area contributed by atoms with Gasteiger partial charge in [-0.05, 0) is 18.4 Å². The lowest BCUT2D eigenvalue weighted by molar-refractivity contribution is 0.0697. The van der Waals surface area contributed by atoms with Crippen LogP contribution in [0.1, 0.15) is 37.0 Å². The van der Waals surface area contributed by atoms with Crippen molar-refractivity contribution >= 4 is 11.7 Å². The van der Waals surface area contributed by atoms with Gasteiger partial charge in [0.05, 0.1) is 12.2 Å². The first-order chi connectivity index (χ1) is 8.06. The maximum Gasteiger partial charge on any atom is 0.338 e. The molecular weight excluding hydrogens is 220 g/mol. The second-order valence-electron chi connectivity index (χ2n) is 4.09. The molecule has 0 fully saturated rings. The Kier molecular flexibility index (Phi) is 4.75. The van der Waals surface area contributed by atoms with Crippen molar-refractivity contribution in [2.75, 3.05) is 12.3 Å². The molecule has 0 bridgehead atoms. The number of rotatable bonds is 6. The maximum absolute atomic E-state index is 10.9. The molecule has 1 aromatic heterocycles. The van der Waals surface area contributed by atoms with E-state index >= 15 is 0 Å². The molecular formula is C12H18N2O3. The lowest BCUT2D eigenvalue weighted by Crippen LogP contribution is -2.12. The molecule has 0 aliphatic heterocycles. The van der Waals surface area contributed by atoms with Crippen molar-refractivity contribution < 1.29 is 14.6 Å². The van der Waals surface area contributed by atoms with E-state index in [2.05, 4.69) is 18.8 Å². The Morgan fingerprint density at radius 2 is 2.35 bits per heavy atom. The van der Waals surface area contributed by atoms with Gasteiger partial charge in [-0.15, -0.1) is 0 Å². The number of nitrogens with two attached hydrogens (primary N) is 1. The number of nitrogen functional groups attached to an aromatic ring is 1. The Morgan fingerprint density at radius 3 is 2.94 bits per heavy atom. The van der Waals surface area contributed by atoms with Crippen molar-refractivity contribution in [2.45, 2.75) is 26.7 Å². The van der Waals surface area contributed by atoms with Gasteiger partial charge in [-0.2, -0.15) is 0 Å². The Bertz CT molecular complexity index is 393. The zero-order valence-electron chi connectivity index (χ0n) is 10.1. The van der Waals surface area contributed by atoms with Crippen molar-refractivity contribution in [1.82, 2.24) is 4.98 Å². The van der Waals surface area contributed by atoms with Crippen LogP contribution in [0.2, 0.25) is 0 Å². The minimum absolute atomic E-state index is 0.0261. The van der Waals surface area contributed by atoms with Crippen molar-refractivity contribution in [3.63, 3.8) is 0 Å². The molecule has 1 aromatic rings. The fraction of sp³-hybridized carbons (Fsp3) is 0.500. The summed E-state index contributed by atoms with van der Waals surface area (Å²) < 4.78 is 5.44. The van der Waals surface area contributed by atoms with Crippen molar-refractivity contribution in [3.05, 3.63) is 17.8 Å². The van der Waals surface area contributed by atoms with Crippen LogP contribution >= 0.6 is 0 Å². The Labute approximate surface area is 101 Å². The Hall–Kier alpha value is -1.78. The molecule has 5 nitrogen and oxygen atoms in total. The fourth-order valence-electron chi connectivity index (χ4n) is 1.55. The molecule has 1 atom stereocenters. The van der Waals surface area contributed by atoms with Crippen molar-refractivity contribution in [3.8, 4) is 5.88 Å². The molecule has 0 spiro atoms. The van der Waals surface area contributed by atoms with E-state index < -0.39 is 5.97 Å². The van der Waals surface area contributed by atoms with Crippen LogP contribution in [0, 0.1) is 5.92 Å². The van der Waals surface area contributed by atoms with E-state index in [-0.39, 0.29) is 17.1 Å². The smallest absolute Gasteiger partial charge is 0.338 e. The molecule has 5 heteroatoms. The third-order valence-electron chi connectivity index (χ3n) is 2.47. The summed E-state index contributed by atoms with van der Waals surface area (Å²) in [6.45, 7) is 4.67. The minimum Gasteiger partial charge on any atom is -0.478 e. The fourth-order valence-corrected chi connectivity index (χ4v) is 1.55. The number of nitrogens with zero attached hydrogens (tertiary/aromatic N) is 1. The molecule has 0 amide bonds. The summed E-state index contributed by atoms with van der Waals surface area (Å²) in [6, 6.07) is 1.36. The molecule has 0 aromatic carbocycles. The summed E-state index contributed by atoms with van der Waals surface area (Å²) in [5.41, 5.74) is 5.79. The number of ether oxygens (including phenoxy) is 1. The number of pyridine rings is 1. The zero-order valence-corrected chi connectivity index (χ0v) is 10.1. The largest absolute Gasteiger partial charge is 0.478 e. The van der Waals surface area contributed by atoms with Gasteiger partial charge >= 0.3 is 5.97 Å². The maximum atomic E-state index is 10.9. The highest BCUT2D eigenvalue weighted by Gasteiger charge is 2.13. The average molecular weight is 238 g/mol. The predicted molar refractivity (Wildman–Crippen MR) is 65.2 cm³/mol. The number of anilines is 1. The van der Waals surface area contributed by atoms with Crippen LogP contribution in [-0.2, 0) is 0 Å². The van der Waals surface area contributed by atoms with Gasteiger partial charge in [-0.3, -0.25) is 0 Å². The van der Waals surface area contributed by atoms with Crippen LogP contribution in [0.4, 0.5) is 5.69 Å². The molecule has 1 rings (SSSR count). The number of aromatic nitrogens is 1. The molecule has 17 heavy (non-hydrogen) atoms. The van der Waals surface area contributed by atoms with E-state index in [0.29, 0.717) is 12.5 Å². The lowest BCUT2D eigenvalue weighted by Gasteiger charge is -2.13. The molecule has 1 unspecified atom stereocenters. The summed E-state index contributed by atoms with van der Waals surface area (Å²) >= 11 is 0. The van der Waals surface area contributed by atoms with Crippen LogP contribution in [0.5, 0.6) is 5.88 Å². The highest BCUT2D eigenvalue weighted by atomic mass is 16.5. The summed E-state index contributed by atoms with van der Waals surface area (Å²) in [7, 11) is 0. The van der Waals surface area contributed by atoms with Crippen LogP contribution in [0.15, 0.2) is 12.3 Å². The number of carboxylic acid groups (broad SMARTS) is 1. The standard InChI is InChI=1S/C12H18N2O3/c1-3-4-8(2)7-17-11-10(13)9(12(15)16)5-6-14-11/h5-6,8H,3-4,7,13H2,1-2H3,(H,15,16). The van der Waals surface area contributed by atoms with Crippen LogP contribution in [0.3, 0.4) is 0 Å². The van der Waals surface area contributed by atoms with Crippen molar-refractivity contribution in [1.29, 1.82) is 0 Å². The lowest BCUT2D eigenvalue weighted by atomic mass is 10.1. The second kappa shape index (κ2) is 6.08. The Balaban J connectivity index is 2.72. The predicted octanol–water partition coefficient (Wildman–Crippen LogP) is 2.18. The van der Waals surface area contributed by atoms with Crippen molar-refractivity contribution in [2.24, 2.45) is 5.92 Å². The minimum atomic E-state index is -1.07. The van der Waals surface area contributed by atoms with Gasteiger partial charge in [-0.25, -0.2) is 9.78 Å². The second-order valence-corrected chi connectivity index (χ2v) is 4.09. The third kappa shape index (κ3) is 3.62. The van der Waals surface area contributed by atoms with E-state index in [0.717, 1.165) is 12.8 Å². The normalized spacial score (nSPS) is 12.1. The molecule has 0 saturated heterocycles. The SMILES string of the molecule is CCCC(C)COc1nccc(C(=O)O)c1N. The first-order valence-electron chi connectivity index (χ1n) is 5.66. The molecule has 94 valence electrons. The number of hydrogen-bond donors (Lipinski definition) is 2. The van der Waals surface area contributed by atoms with Crippen LogP contribution in [-0.4, -0.2) is 22.7 Å². The first kappa shape index (κ1) is 13.3. The van der Waals surface area contributed by atoms with Gasteiger partial charge in [0.2, 0.25) is 5.88 Å². The van der Waals surface area contributed by atoms with Gasteiger partial charge in [-0.1, -0.05) is 20.3 Å². The monoisotopic (exact) mass is 238 g/mol. The summed E-state index contributed by atoms with van der Waals surface area (Å²) in [5.74, 6) is -0.473. The molecule has 0 aliphatic rings. The van der Waals surface area contributed by atoms with E-state index in [1.165, 1.54) is 12.3 Å². The number of carboxylic acids is 1. The summed E-state index contributed by atoms with van der Waals surface area (Å²) in [5, 5.41) is 8.89. The molecule has 0 saturated carbocycles. The van der Waals surface area contributed by atoms with Gasteiger partial charge in [0.15, 0.2) is 0 Å².